The van der Waals surface area contributed by atoms with E-state index in [1.54, 1.807) is 0 Å². The molecule has 0 aromatic heterocycles. The van der Waals surface area contributed by atoms with Crippen LogP contribution in [0.3, 0.4) is 0 Å². The van der Waals surface area contributed by atoms with Gasteiger partial charge in [0, 0.05) is 18.7 Å². The Hall–Kier alpha value is -2.18. The maximum Gasteiger partial charge on any atom is 0.387 e. The first kappa shape index (κ1) is 15.2. The molecule has 1 fully saturated rings. The van der Waals surface area contributed by atoms with E-state index >= 15 is 0 Å². The van der Waals surface area contributed by atoms with Crippen molar-refractivity contribution < 1.29 is 23.1 Å². The summed E-state index contributed by atoms with van der Waals surface area (Å²) < 4.78 is 28.2. The molecule has 0 aliphatic heterocycles. The minimum Gasteiger partial charge on any atom is -0.435 e. The fourth-order valence-corrected chi connectivity index (χ4v) is 1.79. The number of hydrogen-bond acceptors (Lipinski definition) is 3. The van der Waals surface area contributed by atoms with E-state index < -0.39 is 6.61 Å². The molecule has 2 amide bonds. The van der Waals surface area contributed by atoms with Crippen LogP contribution in [0.4, 0.5) is 8.78 Å². The highest BCUT2D eigenvalue weighted by Gasteiger charge is 2.24. The molecule has 0 spiro atoms. The molecule has 0 bridgehead atoms. The zero-order valence-electron chi connectivity index (χ0n) is 11.5. The van der Waals surface area contributed by atoms with Crippen LogP contribution in [0.1, 0.15) is 23.2 Å². The zero-order chi connectivity index (χ0) is 15.4. The molecule has 1 aliphatic rings. The van der Waals surface area contributed by atoms with Gasteiger partial charge in [-0.05, 0) is 37.1 Å². The van der Waals surface area contributed by atoms with Crippen molar-refractivity contribution in [3.05, 3.63) is 29.8 Å². The Morgan fingerprint density at radius 1 is 1.33 bits per heavy atom. The van der Waals surface area contributed by atoms with Gasteiger partial charge in [0.15, 0.2) is 0 Å². The second-order valence-corrected chi connectivity index (χ2v) is 4.91. The highest BCUT2D eigenvalue weighted by atomic mass is 19.3. The summed E-state index contributed by atoms with van der Waals surface area (Å²) in [5, 5.41) is 2.79. The van der Waals surface area contributed by atoms with Gasteiger partial charge in [0.2, 0.25) is 5.91 Å². The maximum absolute atomic E-state index is 12.1. The third-order valence-electron chi connectivity index (χ3n) is 3.00. The number of alkyl halides is 2. The predicted molar refractivity (Wildman–Crippen MR) is 71.2 cm³/mol. The smallest absolute Gasteiger partial charge is 0.387 e. The predicted octanol–water partition coefficient (Wildman–Crippen LogP) is 1.64. The monoisotopic (exact) mass is 298 g/mol. The Balaban J connectivity index is 1.89. The van der Waals surface area contributed by atoms with Crippen molar-refractivity contribution in [1.29, 1.82) is 0 Å². The van der Waals surface area contributed by atoms with E-state index in [1.165, 1.54) is 36.2 Å². The lowest BCUT2D eigenvalue weighted by molar-refractivity contribution is -0.121. The molecule has 1 aromatic carbocycles. The minimum atomic E-state index is -2.90. The van der Waals surface area contributed by atoms with Gasteiger partial charge in [0.25, 0.3) is 5.91 Å². The lowest BCUT2D eigenvalue weighted by Gasteiger charge is -2.17. The molecule has 5 nitrogen and oxygen atoms in total. The number of carbonyl (C=O) groups is 2. The van der Waals surface area contributed by atoms with Gasteiger partial charge in [-0.1, -0.05) is 0 Å². The number of hydrogen-bond donors (Lipinski definition) is 1. The van der Waals surface area contributed by atoms with Crippen LogP contribution < -0.4 is 10.1 Å². The second-order valence-electron chi connectivity index (χ2n) is 4.91. The molecule has 0 saturated heterocycles. The van der Waals surface area contributed by atoms with E-state index in [1.807, 2.05) is 0 Å². The number of ether oxygens (including phenoxy) is 1. The van der Waals surface area contributed by atoms with Crippen molar-refractivity contribution in [2.24, 2.45) is 0 Å². The average molecular weight is 298 g/mol. The summed E-state index contributed by atoms with van der Waals surface area (Å²) in [6.45, 7) is -2.94. The zero-order valence-corrected chi connectivity index (χ0v) is 11.5. The first-order valence-electron chi connectivity index (χ1n) is 6.55. The third-order valence-corrected chi connectivity index (χ3v) is 3.00. The van der Waals surface area contributed by atoms with Crippen molar-refractivity contribution in [3.8, 4) is 5.75 Å². The topological polar surface area (TPSA) is 58.6 Å². The molecule has 2 rings (SSSR count). The Morgan fingerprint density at radius 2 is 1.95 bits per heavy atom. The molecular formula is C14H16F2N2O3. The second kappa shape index (κ2) is 6.51. The van der Waals surface area contributed by atoms with Crippen molar-refractivity contribution in [2.75, 3.05) is 13.6 Å². The lowest BCUT2D eigenvalue weighted by atomic mass is 10.2. The SMILES string of the molecule is CN(CC(=O)NC1CC1)C(=O)c1ccc(OC(F)F)cc1. The van der Waals surface area contributed by atoms with Gasteiger partial charge >= 0.3 is 6.61 Å². The first-order valence-corrected chi connectivity index (χ1v) is 6.55. The summed E-state index contributed by atoms with van der Waals surface area (Å²) in [5.74, 6) is -0.578. The Kier molecular flexibility index (Phi) is 4.72. The van der Waals surface area contributed by atoms with Gasteiger partial charge < -0.3 is 15.0 Å². The quantitative estimate of drug-likeness (QED) is 0.868. The number of halogens is 2. The first-order chi connectivity index (χ1) is 9.95. The molecule has 1 saturated carbocycles. The molecule has 7 heteroatoms. The highest BCUT2D eigenvalue weighted by Crippen LogP contribution is 2.18. The van der Waals surface area contributed by atoms with E-state index in [2.05, 4.69) is 10.1 Å². The summed E-state index contributed by atoms with van der Waals surface area (Å²) in [6.07, 6.45) is 1.96. The maximum atomic E-state index is 12.1. The molecular weight excluding hydrogens is 282 g/mol. The number of benzene rings is 1. The van der Waals surface area contributed by atoms with Crippen LogP contribution >= 0.6 is 0 Å². The highest BCUT2D eigenvalue weighted by molar-refractivity contribution is 5.96. The van der Waals surface area contributed by atoms with Crippen LogP contribution in [0.25, 0.3) is 0 Å². The van der Waals surface area contributed by atoms with Crippen LogP contribution in [0.15, 0.2) is 24.3 Å². The lowest BCUT2D eigenvalue weighted by Crippen LogP contribution is -2.39. The number of nitrogens with zero attached hydrogens (tertiary/aromatic N) is 1. The molecule has 0 unspecified atom stereocenters. The van der Waals surface area contributed by atoms with E-state index in [0.717, 1.165) is 12.8 Å². The van der Waals surface area contributed by atoms with Gasteiger partial charge in [-0.3, -0.25) is 9.59 Å². The summed E-state index contributed by atoms with van der Waals surface area (Å²) >= 11 is 0. The molecule has 21 heavy (non-hydrogen) atoms. The molecule has 1 aliphatic carbocycles. The van der Waals surface area contributed by atoms with E-state index in [-0.39, 0.29) is 30.2 Å². The van der Waals surface area contributed by atoms with Crippen molar-refractivity contribution in [2.45, 2.75) is 25.5 Å². The van der Waals surface area contributed by atoms with Crippen LogP contribution in [0.5, 0.6) is 5.75 Å². The Bertz CT molecular complexity index is 515. The van der Waals surface area contributed by atoms with Crippen LogP contribution in [0, 0.1) is 0 Å². The average Bonchev–Trinajstić information content (AvgIpc) is 3.21. The number of amides is 2. The normalized spacial score (nSPS) is 13.9. The van der Waals surface area contributed by atoms with E-state index in [0.29, 0.717) is 5.56 Å². The molecule has 0 radical (unpaired) electrons. The van der Waals surface area contributed by atoms with Gasteiger partial charge in [0.1, 0.15) is 5.75 Å². The fourth-order valence-electron chi connectivity index (χ4n) is 1.79. The van der Waals surface area contributed by atoms with Gasteiger partial charge in [-0.2, -0.15) is 8.78 Å². The summed E-state index contributed by atoms with van der Waals surface area (Å²) in [5.41, 5.74) is 0.304. The standard InChI is InChI=1S/C14H16F2N2O3/c1-18(8-12(19)17-10-4-5-10)13(20)9-2-6-11(7-3-9)21-14(15)16/h2-3,6-7,10,14H,4-5,8H2,1H3,(H,17,19). The molecule has 114 valence electrons. The van der Waals surface area contributed by atoms with Crippen molar-refractivity contribution in [1.82, 2.24) is 10.2 Å². The minimum absolute atomic E-state index is 0.0179. The van der Waals surface area contributed by atoms with E-state index in [9.17, 15) is 18.4 Å². The van der Waals surface area contributed by atoms with Gasteiger partial charge in [0.05, 0.1) is 6.54 Å². The Labute approximate surface area is 120 Å². The molecule has 0 heterocycles. The van der Waals surface area contributed by atoms with Crippen molar-refractivity contribution in [3.63, 3.8) is 0 Å². The van der Waals surface area contributed by atoms with Crippen LogP contribution in [-0.2, 0) is 4.79 Å². The summed E-state index contributed by atoms with van der Waals surface area (Å²) in [6, 6.07) is 5.59. The van der Waals surface area contributed by atoms with E-state index in [4.69, 9.17) is 0 Å². The third kappa shape index (κ3) is 4.70. The Morgan fingerprint density at radius 3 is 2.48 bits per heavy atom. The van der Waals surface area contributed by atoms with Gasteiger partial charge in [-0.15, -0.1) is 0 Å². The van der Waals surface area contributed by atoms with Crippen molar-refractivity contribution >= 4 is 11.8 Å². The number of likely N-dealkylation sites (N-methyl/N-ethyl adjacent to an activating group) is 1. The van der Waals surface area contributed by atoms with Gasteiger partial charge in [-0.25, -0.2) is 0 Å². The number of carbonyl (C=O) groups excluding carboxylic acids is 2. The van der Waals surface area contributed by atoms with Crippen LogP contribution in [-0.4, -0.2) is 43.0 Å². The van der Waals surface area contributed by atoms with Crippen LogP contribution in [0.2, 0.25) is 0 Å². The number of rotatable bonds is 6. The largest absolute Gasteiger partial charge is 0.435 e. The molecule has 0 atom stereocenters. The summed E-state index contributed by atoms with van der Waals surface area (Å²) in [4.78, 5) is 25.0. The summed E-state index contributed by atoms with van der Waals surface area (Å²) in [7, 11) is 1.51. The fraction of sp³-hybridized carbons (Fsp3) is 0.429. The molecule has 1 N–H and O–H groups in total. The molecule has 1 aromatic rings. The number of nitrogens with one attached hydrogen (secondary N) is 1.